The highest BCUT2D eigenvalue weighted by Crippen LogP contribution is 2.19. The van der Waals surface area contributed by atoms with Crippen LogP contribution in [0.1, 0.15) is 33.1 Å². The van der Waals surface area contributed by atoms with Crippen LogP contribution in [0.25, 0.3) is 0 Å². The van der Waals surface area contributed by atoms with Crippen LogP contribution < -0.4 is 5.32 Å². The third-order valence-electron chi connectivity index (χ3n) is 3.80. The molecule has 1 unspecified atom stereocenters. The number of nitrogens with zero attached hydrogens (tertiary/aromatic N) is 2. The average molecular weight is 302 g/mol. The Bertz CT molecular complexity index is 280. The van der Waals surface area contributed by atoms with Gasteiger partial charge in [-0.15, -0.1) is 0 Å². The molecule has 0 radical (unpaired) electrons. The highest BCUT2D eigenvalue weighted by atomic mass is 32.1. The summed E-state index contributed by atoms with van der Waals surface area (Å²) in [5.41, 5.74) is 0. The van der Waals surface area contributed by atoms with Gasteiger partial charge in [0.25, 0.3) is 0 Å². The van der Waals surface area contributed by atoms with Gasteiger partial charge in [-0.2, -0.15) is 12.6 Å². The van der Waals surface area contributed by atoms with Crippen molar-refractivity contribution in [3.05, 3.63) is 0 Å². The van der Waals surface area contributed by atoms with Gasteiger partial charge in [0.1, 0.15) is 0 Å². The van der Waals surface area contributed by atoms with Crippen LogP contribution in [0.3, 0.4) is 0 Å². The molecule has 1 saturated heterocycles. The molecule has 0 aliphatic carbocycles. The average Bonchev–Trinajstić information content (AvgIpc) is 2.36. The fourth-order valence-electron chi connectivity index (χ4n) is 2.62. The summed E-state index contributed by atoms with van der Waals surface area (Å²) in [4.78, 5) is 16.4. The first-order valence-corrected chi connectivity index (χ1v) is 8.42. The molecule has 4 nitrogen and oxygen atoms in total. The first-order valence-electron chi connectivity index (χ1n) is 7.90. The molecule has 118 valence electrons. The summed E-state index contributed by atoms with van der Waals surface area (Å²) in [6.45, 7) is 10.1. The zero-order chi connectivity index (χ0) is 15.0. The number of amides is 1. The summed E-state index contributed by atoms with van der Waals surface area (Å²) in [7, 11) is 1.94. The number of unbranched alkanes of at least 4 members (excludes halogenated alkanes) is 2. The molecule has 1 aliphatic rings. The molecule has 1 N–H and O–H groups in total. The number of thiol groups is 1. The predicted octanol–water partition coefficient (Wildman–Crippen LogP) is 1.47. The molecule has 5 heteroatoms. The molecular weight excluding hydrogens is 270 g/mol. The Morgan fingerprint density at radius 1 is 1.40 bits per heavy atom. The molecule has 0 aromatic rings. The summed E-state index contributed by atoms with van der Waals surface area (Å²) in [6.07, 6.45) is 3.50. The summed E-state index contributed by atoms with van der Waals surface area (Å²) in [5.74, 6) is 0.536. The monoisotopic (exact) mass is 301 g/mol. The number of rotatable bonds is 10. The van der Waals surface area contributed by atoms with Crippen LogP contribution in [0, 0.1) is 5.92 Å². The van der Waals surface area contributed by atoms with Crippen molar-refractivity contribution >= 4 is 18.5 Å². The molecule has 0 saturated carbocycles. The number of hydrogen-bond donors (Lipinski definition) is 2. The second kappa shape index (κ2) is 9.64. The van der Waals surface area contributed by atoms with Gasteiger partial charge in [0.05, 0.1) is 5.92 Å². The van der Waals surface area contributed by atoms with E-state index >= 15 is 0 Å². The zero-order valence-electron chi connectivity index (χ0n) is 13.3. The first-order chi connectivity index (χ1) is 9.54. The maximum absolute atomic E-state index is 12.2. The van der Waals surface area contributed by atoms with E-state index in [2.05, 4.69) is 36.7 Å². The van der Waals surface area contributed by atoms with Crippen LogP contribution in [0.2, 0.25) is 0 Å². The van der Waals surface area contributed by atoms with Crippen LogP contribution in [-0.4, -0.2) is 67.3 Å². The minimum absolute atomic E-state index is 0.217. The van der Waals surface area contributed by atoms with Gasteiger partial charge in [0.15, 0.2) is 0 Å². The lowest BCUT2D eigenvalue weighted by Crippen LogP contribution is -2.55. The highest BCUT2D eigenvalue weighted by Gasteiger charge is 2.34. The Morgan fingerprint density at radius 2 is 2.10 bits per heavy atom. The van der Waals surface area contributed by atoms with Crippen molar-refractivity contribution in [3.8, 4) is 0 Å². The van der Waals surface area contributed by atoms with E-state index in [1.54, 1.807) is 0 Å². The number of carbonyl (C=O) groups excluding carboxylic acids is 1. The Balaban J connectivity index is 2.06. The van der Waals surface area contributed by atoms with Crippen LogP contribution in [-0.2, 0) is 4.79 Å². The molecule has 0 spiro atoms. The van der Waals surface area contributed by atoms with Crippen LogP contribution in [0.4, 0.5) is 0 Å². The molecule has 1 aliphatic heterocycles. The molecule has 0 aromatic carbocycles. The van der Waals surface area contributed by atoms with Gasteiger partial charge in [0, 0.05) is 38.5 Å². The van der Waals surface area contributed by atoms with Gasteiger partial charge in [0.2, 0.25) is 5.91 Å². The normalized spacial score (nSPS) is 17.8. The second-order valence-corrected chi connectivity index (χ2v) is 6.82. The van der Waals surface area contributed by atoms with E-state index in [1.165, 1.54) is 12.8 Å². The maximum atomic E-state index is 12.2. The maximum Gasteiger partial charge on any atom is 0.228 e. The topological polar surface area (TPSA) is 35.6 Å². The van der Waals surface area contributed by atoms with Crippen molar-refractivity contribution in [2.75, 3.05) is 46.3 Å². The van der Waals surface area contributed by atoms with E-state index in [-0.39, 0.29) is 5.92 Å². The fraction of sp³-hybridized carbons (Fsp3) is 0.933. The Morgan fingerprint density at radius 3 is 2.70 bits per heavy atom. The van der Waals surface area contributed by atoms with Crippen LogP contribution in [0.5, 0.6) is 0 Å². The Hall–Kier alpha value is -0.260. The number of hydrogen-bond acceptors (Lipinski definition) is 4. The van der Waals surface area contributed by atoms with Gasteiger partial charge in [-0.1, -0.05) is 20.3 Å². The van der Waals surface area contributed by atoms with Crippen LogP contribution in [0.15, 0.2) is 0 Å². The smallest absolute Gasteiger partial charge is 0.228 e. The largest absolute Gasteiger partial charge is 0.345 e. The van der Waals surface area contributed by atoms with Crippen molar-refractivity contribution in [2.45, 2.75) is 38.4 Å². The second-order valence-electron chi connectivity index (χ2n) is 5.94. The van der Waals surface area contributed by atoms with Crippen LogP contribution >= 0.6 is 12.6 Å². The van der Waals surface area contributed by atoms with Crippen molar-refractivity contribution in [1.82, 2.24) is 15.1 Å². The molecule has 1 heterocycles. The van der Waals surface area contributed by atoms with Gasteiger partial charge < -0.3 is 15.1 Å². The van der Waals surface area contributed by atoms with Crippen molar-refractivity contribution < 1.29 is 4.79 Å². The third kappa shape index (κ3) is 6.46. The number of likely N-dealkylation sites (tertiary alicyclic amines) is 1. The number of carbonyl (C=O) groups is 1. The number of nitrogens with one attached hydrogen (secondary N) is 1. The standard InChI is InChI=1S/C15H31N3OS/c1-4-16-8-6-5-7-9-17(3)15(19)14-11-18(12-14)10-13(2)20/h13-14,16,20H,4-12H2,1-3H3. The molecule has 1 atom stereocenters. The van der Waals surface area contributed by atoms with Gasteiger partial charge in [-0.3, -0.25) is 4.79 Å². The lowest BCUT2D eigenvalue weighted by molar-refractivity contribution is -0.139. The van der Waals surface area contributed by atoms with Gasteiger partial charge >= 0.3 is 0 Å². The molecule has 20 heavy (non-hydrogen) atoms. The van der Waals surface area contributed by atoms with E-state index in [1.807, 2.05) is 11.9 Å². The van der Waals surface area contributed by atoms with Crippen molar-refractivity contribution in [2.24, 2.45) is 5.92 Å². The fourth-order valence-corrected chi connectivity index (χ4v) is 2.85. The van der Waals surface area contributed by atoms with E-state index in [4.69, 9.17) is 0 Å². The third-order valence-corrected chi connectivity index (χ3v) is 3.97. The van der Waals surface area contributed by atoms with E-state index < -0.39 is 0 Å². The van der Waals surface area contributed by atoms with E-state index in [0.29, 0.717) is 11.2 Å². The SMILES string of the molecule is CCNCCCCCN(C)C(=O)C1CN(CC(C)S)C1. The lowest BCUT2D eigenvalue weighted by atomic mass is 9.98. The summed E-state index contributed by atoms with van der Waals surface area (Å²) in [6, 6.07) is 0. The Labute approximate surface area is 129 Å². The molecule has 1 rings (SSSR count). The first kappa shape index (κ1) is 17.8. The predicted molar refractivity (Wildman–Crippen MR) is 88.4 cm³/mol. The molecule has 0 bridgehead atoms. The van der Waals surface area contributed by atoms with E-state index in [9.17, 15) is 4.79 Å². The van der Waals surface area contributed by atoms with Gasteiger partial charge in [-0.25, -0.2) is 0 Å². The summed E-state index contributed by atoms with van der Waals surface area (Å²) >= 11 is 4.39. The molecule has 0 aromatic heterocycles. The minimum Gasteiger partial charge on any atom is -0.345 e. The van der Waals surface area contributed by atoms with Gasteiger partial charge in [-0.05, 0) is 25.9 Å². The zero-order valence-corrected chi connectivity index (χ0v) is 14.2. The Kier molecular flexibility index (Phi) is 8.57. The highest BCUT2D eigenvalue weighted by molar-refractivity contribution is 7.80. The minimum atomic E-state index is 0.217. The summed E-state index contributed by atoms with van der Waals surface area (Å²) < 4.78 is 0. The van der Waals surface area contributed by atoms with Crippen molar-refractivity contribution in [1.29, 1.82) is 0 Å². The molecule has 1 amide bonds. The summed E-state index contributed by atoms with van der Waals surface area (Å²) in [5, 5.41) is 3.71. The quantitative estimate of drug-likeness (QED) is 0.474. The lowest BCUT2D eigenvalue weighted by Gasteiger charge is -2.40. The van der Waals surface area contributed by atoms with E-state index in [0.717, 1.165) is 45.7 Å². The molecular formula is C15H31N3OS. The van der Waals surface area contributed by atoms with Crippen molar-refractivity contribution in [3.63, 3.8) is 0 Å². The molecule has 1 fully saturated rings.